The normalized spacial score (nSPS) is 12.9. The standard InChI is InChI=1S/C19H16N2O4/c1-12(22)20-15-6-2-13(3-7-15)4-8-17(23)14-5-9-18-16(10-14)21-19(24)11-25-18/h2-10H,11H2,1H3,(H,20,22)(H,21,24)/b8-4+. The minimum absolute atomic E-state index is 0.0192. The summed E-state index contributed by atoms with van der Waals surface area (Å²) in [4.78, 5) is 34.6. The first-order valence-corrected chi connectivity index (χ1v) is 7.68. The van der Waals surface area contributed by atoms with Crippen molar-refractivity contribution in [3.63, 3.8) is 0 Å². The number of ether oxygens (including phenoxy) is 1. The lowest BCUT2D eigenvalue weighted by atomic mass is 10.1. The first-order valence-electron chi connectivity index (χ1n) is 7.68. The first-order chi connectivity index (χ1) is 12.0. The van der Waals surface area contributed by atoms with E-state index in [1.165, 1.54) is 13.0 Å². The van der Waals surface area contributed by atoms with Crippen LogP contribution in [0.5, 0.6) is 5.75 Å². The lowest BCUT2D eigenvalue weighted by molar-refractivity contribution is -0.118. The highest BCUT2D eigenvalue weighted by Gasteiger charge is 2.17. The Labute approximate surface area is 144 Å². The Kier molecular flexibility index (Phi) is 4.61. The van der Waals surface area contributed by atoms with Crippen LogP contribution in [-0.2, 0) is 9.59 Å². The van der Waals surface area contributed by atoms with E-state index in [0.717, 1.165) is 5.56 Å². The van der Waals surface area contributed by atoms with Crippen molar-refractivity contribution in [1.82, 2.24) is 0 Å². The summed E-state index contributed by atoms with van der Waals surface area (Å²) < 4.78 is 5.27. The number of rotatable bonds is 4. The van der Waals surface area contributed by atoms with Crippen molar-refractivity contribution >= 4 is 35.0 Å². The van der Waals surface area contributed by atoms with Crippen LogP contribution in [0.15, 0.2) is 48.5 Å². The molecule has 1 heterocycles. The highest BCUT2D eigenvalue weighted by Crippen LogP contribution is 2.28. The van der Waals surface area contributed by atoms with Gasteiger partial charge in [0.1, 0.15) is 5.75 Å². The Morgan fingerprint density at radius 3 is 2.64 bits per heavy atom. The molecule has 0 saturated carbocycles. The van der Waals surface area contributed by atoms with Crippen LogP contribution in [0.3, 0.4) is 0 Å². The monoisotopic (exact) mass is 336 g/mol. The number of hydrogen-bond donors (Lipinski definition) is 2. The van der Waals surface area contributed by atoms with Gasteiger partial charge in [0.25, 0.3) is 5.91 Å². The maximum atomic E-state index is 12.3. The van der Waals surface area contributed by atoms with E-state index in [-0.39, 0.29) is 24.2 Å². The molecule has 1 aliphatic rings. The fourth-order valence-electron chi connectivity index (χ4n) is 2.39. The van der Waals surface area contributed by atoms with Crippen LogP contribution in [0.1, 0.15) is 22.8 Å². The van der Waals surface area contributed by atoms with Gasteiger partial charge in [-0.25, -0.2) is 0 Å². The molecule has 0 fully saturated rings. The van der Waals surface area contributed by atoms with Crippen molar-refractivity contribution in [3.8, 4) is 5.75 Å². The summed E-state index contributed by atoms with van der Waals surface area (Å²) >= 11 is 0. The Balaban J connectivity index is 1.71. The molecule has 25 heavy (non-hydrogen) atoms. The number of ketones is 1. The van der Waals surface area contributed by atoms with Crippen LogP contribution in [0.2, 0.25) is 0 Å². The average molecular weight is 336 g/mol. The minimum atomic E-state index is -0.244. The van der Waals surface area contributed by atoms with E-state index in [2.05, 4.69) is 10.6 Å². The second kappa shape index (κ2) is 7.00. The molecule has 2 amide bonds. The molecule has 0 radical (unpaired) electrons. The molecular formula is C19H16N2O4. The van der Waals surface area contributed by atoms with Gasteiger partial charge in [-0.3, -0.25) is 14.4 Å². The molecule has 2 aromatic carbocycles. The first kappa shape index (κ1) is 16.4. The molecule has 0 bridgehead atoms. The van der Waals surface area contributed by atoms with Gasteiger partial charge in [-0.05, 0) is 42.0 Å². The largest absolute Gasteiger partial charge is 0.482 e. The van der Waals surface area contributed by atoms with Crippen LogP contribution >= 0.6 is 0 Å². The number of hydrogen-bond acceptors (Lipinski definition) is 4. The number of allylic oxidation sites excluding steroid dienone is 1. The SMILES string of the molecule is CC(=O)Nc1ccc(/C=C/C(=O)c2ccc3c(c2)NC(=O)CO3)cc1. The van der Waals surface area contributed by atoms with Gasteiger partial charge in [0.05, 0.1) is 5.69 Å². The van der Waals surface area contributed by atoms with E-state index in [1.54, 1.807) is 48.5 Å². The van der Waals surface area contributed by atoms with E-state index in [1.807, 2.05) is 0 Å². The van der Waals surface area contributed by atoms with Crippen LogP contribution in [0.25, 0.3) is 6.08 Å². The van der Waals surface area contributed by atoms with Crippen molar-refractivity contribution in [2.45, 2.75) is 6.92 Å². The number of fused-ring (bicyclic) bond motifs is 1. The summed E-state index contributed by atoms with van der Waals surface area (Å²) in [5.41, 5.74) is 2.48. The minimum Gasteiger partial charge on any atom is -0.482 e. The van der Waals surface area contributed by atoms with Crippen LogP contribution < -0.4 is 15.4 Å². The molecule has 0 atom stereocenters. The molecule has 6 nitrogen and oxygen atoms in total. The highest BCUT2D eigenvalue weighted by molar-refractivity contribution is 6.08. The molecular weight excluding hydrogens is 320 g/mol. The van der Waals surface area contributed by atoms with Crippen molar-refractivity contribution in [3.05, 3.63) is 59.7 Å². The molecule has 0 spiro atoms. The van der Waals surface area contributed by atoms with Crippen molar-refractivity contribution in [2.75, 3.05) is 17.2 Å². The summed E-state index contributed by atoms with van der Waals surface area (Å²) in [5, 5.41) is 5.35. The van der Waals surface area contributed by atoms with E-state index < -0.39 is 0 Å². The summed E-state index contributed by atoms with van der Waals surface area (Å²) in [5.74, 6) is -0.0175. The van der Waals surface area contributed by atoms with Gasteiger partial charge in [0.15, 0.2) is 12.4 Å². The zero-order valence-corrected chi connectivity index (χ0v) is 13.5. The predicted octanol–water partition coefficient (Wildman–Crippen LogP) is 2.87. The smallest absolute Gasteiger partial charge is 0.262 e. The number of nitrogens with one attached hydrogen (secondary N) is 2. The molecule has 1 aliphatic heterocycles. The molecule has 2 N–H and O–H groups in total. The maximum absolute atomic E-state index is 12.3. The average Bonchev–Trinajstić information content (AvgIpc) is 2.59. The summed E-state index contributed by atoms with van der Waals surface area (Å²) in [6.07, 6.45) is 3.15. The Morgan fingerprint density at radius 2 is 1.92 bits per heavy atom. The Morgan fingerprint density at radius 1 is 1.16 bits per heavy atom. The fraction of sp³-hybridized carbons (Fsp3) is 0.105. The third-order valence-electron chi connectivity index (χ3n) is 3.56. The molecule has 0 saturated heterocycles. The fourth-order valence-corrected chi connectivity index (χ4v) is 2.39. The summed E-state index contributed by atoms with van der Waals surface area (Å²) in [6.45, 7) is 1.42. The molecule has 0 aromatic heterocycles. The van der Waals surface area contributed by atoms with Gasteiger partial charge in [-0.1, -0.05) is 18.2 Å². The van der Waals surface area contributed by atoms with E-state index in [9.17, 15) is 14.4 Å². The van der Waals surface area contributed by atoms with Crippen molar-refractivity contribution in [1.29, 1.82) is 0 Å². The van der Waals surface area contributed by atoms with E-state index >= 15 is 0 Å². The third-order valence-corrected chi connectivity index (χ3v) is 3.56. The zero-order valence-electron chi connectivity index (χ0n) is 13.5. The number of benzene rings is 2. The topological polar surface area (TPSA) is 84.5 Å². The molecule has 2 aromatic rings. The summed E-state index contributed by atoms with van der Waals surface area (Å²) in [6, 6.07) is 12.0. The lowest BCUT2D eigenvalue weighted by Gasteiger charge is -2.17. The number of carbonyl (C=O) groups is 3. The summed E-state index contributed by atoms with van der Waals surface area (Å²) in [7, 11) is 0. The highest BCUT2D eigenvalue weighted by atomic mass is 16.5. The van der Waals surface area contributed by atoms with Gasteiger partial charge in [0.2, 0.25) is 5.91 Å². The van der Waals surface area contributed by atoms with Gasteiger partial charge in [-0.2, -0.15) is 0 Å². The second-order valence-corrected chi connectivity index (χ2v) is 5.55. The Hall–Kier alpha value is -3.41. The maximum Gasteiger partial charge on any atom is 0.262 e. The lowest BCUT2D eigenvalue weighted by Crippen LogP contribution is -2.25. The van der Waals surface area contributed by atoms with Crippen LogP contribution in [-0.4, -0.2) is 24.2 Å². The van der Waals surface area contributed by atoms with Crippen LogP contribution in [0.4, 0.5) is 11.4 Å². The van der Waals surface area contributed by atoms with E-state index in [4.69, 9.17) is 4.74 Å². The molecule has 6 heteroatoms. The van der Waals surface area contributed by atoms with Crippen LogP contribution in [0, 0.1) is 0 Å². The molecule has 0 aliphatic carbocycles. The quantitative estimate of drug-likeness (QED) is 0.664. The van der Waals surface area contributed by atoms with Gasteiger partial charge in [-0.15, -0.1) is 0 Å². The van der Waals surface area contributed by atoms with Gasteiger partial charge in [0, 0.05) is 18.2 Å². The predicted molar refractivity (Wildman–Crippen MR) is 94.7 cm³/mol. The zero-order chi connectivity index (χ0) is 17.8. The molecule has 126 valence electrons. The second-order valence-electron chi connectivity index (χ2n) is 5.55. The van der Waals surface area contributed by atoms with Gasteiger partial charge >= 0.3 is 0 Å². The van der Waals surface area contributed by atoms with Crippen molar-refractivity contribution in [2.24, 2.45) is 0 Å². The molecule has 3 rings (SSSR count). The van der Waals surface area contributed by atoms with E-state index in [0.29, 0.717) is 22.7 Å². The van der Waals surface area contributed by atoms with Crippen molar-refractivity contribution < 1.29 is 19.1 Å². The number of carbonyl (C=O) groups excluding carboxylic acids is 3. The number of amides is 2. The molecule has 0 unspecified atom stereocenters. The van der Waals surface area contributed by atoms with Gasteiger partial charge < -0.3 is 15.4 Å². The third kappa shape index (κ3) is 4.11. The number of anilines is 2. The Bertz CT molecular complexity index is 869.